The Morgan fingerprint density at radius 1 is 1.02 bits per heavy atom. The van der Waals surface area contributed by atoms with E-state index in [4.69, 9.17) is 17.0 Å². The highest BCUT2D eigenvalue weighted by molar-refractivity contribution is 7.80. The molecule has 4 aliphatic rings. The molecule has 3 aliphatic heterocycles. The first kappa shape index (κ1) is 46.7. The van der Waals surface area contributed by atoms with Crippen LogP contribution in [-0.2, 0) is 30.1 Å². The lowest BCUT2D eigenvalue weighted by molar-refractivity contribution is -0.197. The molecule has 2 N–H and O–H groups in total. The number of nitrogens with zero attached hydrogens (tertiary/aromatic N) is 5. The van der Waals surface area contributed by atoms with E-state index in [1.807, 2.05) is 0 Å². The van der Waals surface area contributed by atoms with Gasteiger partial charge in [0.15, 0.2) is 5.11 Å². The second kappa shape index (κ2) is 18.7. The van der Waals surface area contributed by atoms with E-state index in [0.717, 1.165) is 21.9 Å². The third-order valence-electron chi connectivity index (χ3n) is 11.5. The van der Waals surface area contributed by atoms with Gasteiger partial charge in [-0.25, -0.2) is 0 Å². The molecule has 2 aromatic rings. The second-order valence-corrected chi connectivity index (χ2v) is 16.2. The monoisotopic (exact) mass is 885 g/mol. The quantitative estimate of drug-likeness (QED) is 0.117. The number of benzene rings is 2. The molecule has 4 fully saturated rings. The normalized spacial score (nSPS) is 24.2. The second-order valence-electron chi connectivity index (χ2n) is 15.9. The van der Waals surface area contributed by atoms with Crippen LogP contribution in [0.2, 0.25) is 0 Å². The summed E-state index contributed by atoms with van der Waals surface area (Å²) < 4.78 is 90.0. The minimum atomic E-state index is -4.81. The van der Waals surface area contributed by atoms with Crippen molar-refractivity contribution in [1.29, 1.82) is 5.26 Å². The maximum absolute atomic E-state index is 14.3. The van der Waals surface area contributed by atoms with Crippen LogP contribution in [-0.4, -0.2) is 113 Å². The van der Waals surface area contributed by atoms with Crippen molar-refractivity contribution in [2.24, 2.45) is 0 Å². The highest BCUT2D eigenvalue weighted by Crippen LogP contribution is 2.41. The predicted octanol–water partition coefficient (Wildman–Crippen LogP) is 6.14. The lowest BCUT2D eigenvalue weighted by Gasteiger charge is -2.42. The number of hydrogen-bond donors (Lipinski definition) is 2. The van der Waals surface area contributed by atoms with Crippen LogP contribution in [0.1, 0.15) is 81.4 Å². The van der Waals surface area contributed by atoms with Crippen molar-refractivity contribution < 1.29 is 50.3 Å². The molecule has 12 nitrogen and oxygen atoms in total. The van der Waals surface area contributed by atoms with Crippen LogP contribution in [0, 0.1) is 11.3 Å². The molecular formula is C40H46ClF6N7O5S. The Hall–Kier alpha value is -4.35. The number of thiocarbonyl (C=S) groups is 1. The van der Waals surface area contributed by atoms with E-state index in [9.17, 15) is 50.8 Å². The molecule has 6 rings (SSSR count). The third-order valence-corrected chi connectivity index (χ3v) is 11.9. The van der Waals surface area contributed by atoms with E-state index in [0.29, 0.717) is 69.5 Å². The van der Waals surface area contributed by atoms with Crippen molar-refractivity contribution in [1.82, 2.24) is 20.0 Å². The number of piperidine rings is 1. The Morgan fingerprint density at radius 2 is 1.73 bits per heavy atom. The van der Waals surface area contributed by atoms with E-state index < -0.39 is 65.2 Å². The van der Waals surface area contributed by atoms with Crippen LogP contribution in [0.4, 0.5) is 37.7 Å². The minimum absolute atomic E-state index is 0. The molecule has 3 heterocycles. The molecule has 0 aromatic heterocycles. The van der Waals surface area contributed by atoms with Crippen LogP contribution in [0.3, 0.4) is 0 Å². The van der Waals surface area contributed by atoms with Gasteiger partial charge in [0.05, 0.1) is 41.5 Å². The molecule has 3 saturated heterocycles. The van der Waals surface area contributed by atoms with Gasteiger partial charge in [-0.2, -0.15) is 31.6 Å². The first-order valence-corrected chi connectivity index (χ1v) is 19.9. The molecule has 1 saturated carbocycles. The Kier molecular flexibility index (Phi) is 14.6. The van der Waals surface area contributed by atoms with E-state index in [1.165, 1.54) is 12.1 Å². The van der Waals surface area contributed by atoms with Crippen LogP contribution < -0.4 is 15.5 Å². The van der Waals surface area contributed by atoms with Crippen LogP contribution in [0.5, 0.6) is 0 Å². The maximum Gasteiger partial charge on any atom is 0.417 e. The minimum Gasteiger partial charge on any atom is -0.378 e. The summed E-state index contributed by atoms with van der Waals surface area (Å²) in [4.78, 5) is 56.0. The number of alkyl halides is 6. The van der Waals surface area contributed by atoms with Crippen molar-refractivity contribution in [3.8, 4) is 6.07 Å². The molecule has 326 valence electrons. The molecule has 60 heavy (non-hydrogen) atoms. The lowest BCUT2D eigenvalue weighted by Crippen LogP contribution is -2.60. The number of anilines is 2. The lowest BCUT2D eigenvalue weighted by atomic mass is 9.89. The largest absolute Gasteiger partial charge is 0.417 e. The summed E-state index contributed by atoms with van der Waals surface area (Å²) in [6.07, 6.45) is -6.15. The summed E-state index contributed by atoms with van der Waals surface area (Å²) in [6, 6.07) is 9.06. The maximum atomic E-state index is 14.3. The number of carbonyl (C=O) groups is 4. The molecule has 2 aromatic carbocycles. The average molecular weight is 886 g/mol. The number of hydrogen-bond acceptors (Lipinski definition) is 9. The summed E-state index contributed by atoms with van der Waals surface area (Å²) in [6.45, 7) is 3.55. The number of halogens is 7. The smallest absolute Gasteiger partial charge is 0.378 e. The molecule has 20 heteroatoms. The summed E-state index contributed by atoms with van der Waals surface area (Å²) in [5, 5.41) is 14.2. The van der Waals surface area contributed by atoms with E-state index in [-0.39, 0.29) is 60.8 Å². The Morgan fingerprint density at radius 3 is 2.38 bits per heavy atom. The Labute approximate surface area is 354 Å². The van der Waals surface area contributed by atoms with Gasteiger partial charge in [0, 0.05) is 50.9 Å². The van der Waals surface area contributed by atoms with E-state index >= 15 is 0 Å². The van der Waals surface area contributed by atoms with Gasteiger partial charge in [-0.3, -0.25) is 34.3 Å². The number of imide groups is 1. The fourth-order valence-corrected chi connectivity index (χ4v) is 9.04. The fourth-order valence-electron chi connectivity index (χ4n) is 8.47. The standard InChI is InChI=1S/C40H45F6N7O5S.ClH/c1-38(2)36(57)52(28-8-7-25(21-47)31(20-28)39(41,42)43)37(59)53(38)27-9-11-29(12-10-27)58-18-4-15-50-16-17-51(32(22-50)40(44,45)46)23-34(55)48-26-6-3-5-24(19-26)30-13-14-33(54)49-35(30)56;/h3,5-8,19-20,27,29-30,32H,4,9-18,22-23H2,1-2H3,(H,48,55)(H,49,54,56);1H/t27?,29?,30?,32-;/m1./s1. The van der Waals surface area contributed by atoms with Gasteiger partial charge in [-0.05, 0) is 100 Å². The first-order chi connectivity index (χ1) is 27.8. The molecule has 1 unspecified atom stereocenters. The number of carbonyl (C=O) groups excluding carboxylic acids is 4. The predicted molar refractivity (Wildman–Crippen MR) is 214 cm³/mol. The van der Waals surface area contributed by atoms with Gasteiger partial charge in [0.1, 0.15) is 11.6 Å². The number of rotatable bonds is 11. The molecule has 2 atom stereocenters. The summed E-state index contributed by atoms with van der Waals surface area (Å²) in [5.41, 5.74) is -2.01. The molecule has 0 radical (unpaired) electrons. The first-order valence-electron chi connectivity index (χ1n) is 19.5. The summed E-state index contributed by atoms with van der Waals surface area (Å²) in [5.74, 6) is -2.48. The van der Waals surface area contributed by atoms with Gasteiger partial charge in [-0.1, -0.05) is 12.1 Å². The SMILES string of the molecule is CC1(C)C(=O)N(c2ccc(C#N)c(C(F)(F)F)c2)C(=S)N1C1CCC(OCCCN2CCN(CC(=O)Nc3cccc(C4CCC(=O)NC4=O)c3)[C@@H](C(F)(F)F)C2)CC1.Cl. The van der Waals surface area contributed by atoms with Crippen LogP contribution in [0.15, 0.2) is 42.5 Å². The van der Waals surface area contributed by atoms with Crippen molar-refractivity contribution in [2.75, 3.05) is 49.5 Å². The van der Waals surface area contributed by atoms with Crippen LogP contribution in [0.25, 0.3) is 0 Å². The third kappa shape index (κ3) is 10.4. The van der Waals surface area contributed by atoms with E-state index in [1.54, 1.807) is 47.9 Å². The van der Waals surface area contributed by atoms with Gasteiger partial charge in [-0.15, -0.1) is 12.4 Å². The zero-order valence-corrected chi connectivity index (χ0v) is 34.5. The van der Waals surface area contributed by atoms with Gasteiger partial charge >= 0.3 is 12.4 Å². The fraction of sp³-hybridized carbons (Fsp3) is 0.550. The summed E-state index contributed by atoms with van der Waals surface area (Å²) in [7, 11) is 0. The molecule has 0 spiro atoms. The summed E-state index contributed by atoms with van der Waals surface area (Å²) >= 11 is 5.68. The number of ether oxygens (including phenoxy) is 1. The number of amides is 4. The van der Waals surface area contributed by atoms with Gasteiger partial charge in [0.2, 0.25) is 17.7 Å². The van der Waals surface area contributed by atoms with Crippen molar-refractivity contribution in [3.05, 3.63) is 59.2 Å². The zero-order valence-electron chi connectivity index (χ0n) is 32.9. The number of piperazine rings is 1. The van der Waals surface area contributed by atoms with Crippen LogP contribution >= 0.6 is 24.6 Å². The molecule has 4 amide bonds. The zero-order chi connectivity index (χ0) is 42.9. The van der Waals surface area contributed by atoms with Crippen molar-refractivity contribution in [2.45, 2.75) is 101 Å². The van der Waals surface area contributed by atoms with Crippen molar-refractivity contribution >= 4 is 64.7 Å². The highest BCUT2D eigenvalue weighted by atomic mass is 35.5. The van der Waals surface area contributed by atoms with Gasteiger partial charge < -0.3 is 19.9 Å². The average Bonchev–Trinajstić information content (AvgIpc) is 3.34. The number of nitriles is 1. The van der Waals surface area contributed by atoms with Crippen molar-refractivity contribution in [3.63, 3.8) is 0 Å². The topological polar surface area (TPSA) is 138 Å². The molecule has 1 aliphatic carbocycles. The highest BCUT2D eigenvalue weighted by Gasteiger charge is 2.53. The Balaban J connectivity index is 0.00000683. The van der Waals surface area contributed by atoms with Gasteiger partial charge in [0.25, 0.3) is 5.91 Å². The number of nitrogens with one attached hydrogen (secondary N) is 2. The Bertz CT molecular complexity index is 2010. The van der Waals surface area contributed by atoms with E-state index in [2.05, 4.69) is 10.6 Å². The molecular weight excluding hydrogens is 840 g/mol. The molecule has 0 bridgehead atoms.